The van der Waals surface area contributed by atoms with Crippen molar-refractivity contribution in [1.29, 1.82) is 0 Å². The summed E-state index contributed by atoms with van der Waals surface area (Å²) in [5, 5.41) is 8.47. The summed E-state index contributed by atoms with van der Waals surface area (Å²) in [6, 6.07) is 9.56. The SMILES string of the molecule is Cc1c(C(=O)OC(C)C(=O)NC(=O)Nc2ccccc2)cnn1-c1ccc(C(F)(F)F)cn1. The molecular formula is C21H18F3N5O4. The molecule has 3 amide bonds. The number of pyridine rings is 1. The second kappa shape index (κ2) is 9.51. The average Bonchev–Trinajstić information content (AvgIpc) is 3.15. The molecule has 2 heterocycles. The Hall–Kier alpha value is -4.22. The van der Waals surface area contributed by atoms with Crippen LogP contribution in [0.25, 0.3) is 5.82 Å². The number of carbonyl (C=O) groups excluding carboxylic acids is 3. The third-order valence-electron chi connectivity index (χ3n) is 4.44. The van der Waals surface area contributed by atoms with Gasteiger partial charge in [-0.15, -0.1) is 0 Å². The van der Waals surface area contributed by atoms with Crippen LogP contribution in [0.3, 0.4) is 0 Å². The highest BCUT2D eigenvalue weighted by atomic mass is 19.4. The number of hydrogen-bond acceptors (Lipinski definition) is 6. The molecule has 3 rings (SSSR count). The summed E-state index contributed by atoms with van der Waals surface area (Å²) in [5.74, 6) is -1.70. The number of esters is 1. The van der Waals surface area contributed by atoms with Crippen molar-refractivity contribution in [2.24, 2.45) is 0 Å². The van der Waals surface area contributed by atoms with E-state index in [1.54, 1.807) is 30.3 Å². The van der Waals surface area contributed by atoms with Gasteiger partial charge in [-0.2, -0.15) is 18.3 Å². The van der Waals surface area contributed by atoms with Crippen LogP contribution in [0.4, 0.5) is 23.7 Å². The average molecular weight is 461 g/mol. The molecule has 2 aromatic heterocycles. The highest BCUT2D eigenvalue weighted by Crippen LogP contribution is 2.28. The first-order valence-corrected chi connectivity index (χ1v) is 9.52. The highest BCUT2D eigenvalue weighted by molar-refractivity contribution is 6.03. The Kier molecular flexibility index (Phi) is 6.75. The maximum atomic E-state index is 12.7. The monoisotopic (exact) mass is 461 g/mol. The Morgan fingerprint density at radius 2 is 1.76 bits per heavy atom. The minimum atomic E-state index is -4.53. The number of benzene rings is 1. The largest absolute Gasteiger partial charge is 0.449 e. The predicted octanol–water partition coefficient (Wildman–Crippen LogP) is 3.49. The number of aromatic nitrogens is 3. The van der Waals surface area contributed by atoms with E-state index in [1.807, 2.05) is 0 Å². The number of alkyl halides is 3. The number of para-hydroxylation sites is 1. The lowest BCUT2D eigenvalue weighted by atomic mass is 10.2. The lowest BCUT2D eigenvalue weighted by molar-refractivity contribution is -0.137. The van der Waals surface area contributed by atoms with Crippen molar-refractivity contribution in [3.05, 3.63) is 71.7 Å². The fourth-order valence-corrected chi connectivity index (χ4v) is 2.69. The molecule has 2 N–H and O–H groups in total. The van der Waals surface area contributed by atoms with E-state index in [0.29, 0.717) is 11.9 Å². The summed E-state index contributed by atoms with van der Waals surface area (Å²) in [7, 11) is 0. The van der Waals surface area contributed by atoms with E-state index in [9.17, 15) is 27.6 Å². The van der Waals surface area contributed by atoms with Crippen LogP contribution >= 0.6 is 0 Å². The standard InChI is InChI=1S/C21H18F3N5O4/c1-12-16(11-26-29(12)17-9-8-14(10-25-17)21(22,23)24)19(31)33-13(2)18(30)28-20(32)27-15-6-4-3-5-7-15/h3-11,13H,1-2H3,(H2,27,28,30,32). The van der Waals surface area contributed by atoms with Crippen LogP contribution in [0.15, 0.2) is 54.9 Å². The number of rotatable bonds is 5. The second-order valence-corrected chi connectivity index (χ2v) is 6.82. The van der Waals surface area contributed by atoms with Gasteiger partial charge in [0.15, 0.2) is 11.9 Å². The van der Waals surface area contributed by atoms with Gasteiger partial charge >= 0.3 is 18.2 Å². The van der Waals surface area contributed by atoms with Gasteiger partial charge in [-0.1, -0.05) is 18.2 Å². The number of ether oxygens (including phenoxy) is 1. The molecule has 1 aromatic carbocycles. The minimum Gasteiger partial charge on any atom is -0.449 e. The zero-order valence-corrected chi connectivity index (χ0v) is 17.4. The number of carbonyl (C=O) groups is 3. The maximum absolute atomic E-state index is 12.7. The molecule has 0 bridgehead atoms. The van der Waals surface area contributed by atoms with Crippen LogP contribution in [0.2, 0.25) is 0 Å². The van der Waals surface area contributed by atoms with Crippen molar-refractivity contribution in [3.8, 4) is 5.82 Å². The smallest absolute Gasteiger partial charge is 0.417 e. The molecule has 0 aliphatic rings. The normalized spacial score (nSPS) is 12.0. The Morgan fingerprint density at radius 3 is 2.36 bits per heavy atom. The van der Waals surface area contributed by atoms with E-state index in [1.165, 1.54) is 13.8 Å². The molecular weight excluding hydrogens is 443 g/mol. The number of hydrogen-bond donors (Lipinski definition) is 2. The molecule has 33 heavy (non-hydrogen) atoms. The zero-order valence-electron chi connectivity index (χ0n) is 17.4. The number of nitrogens with zero attached hydrogens (tertiary/aromatic N) is 3. The number of anilines is 1. The minimum absolute atomic E-state index is 0.0231. The van der Waals surface area contributed by atoms with Gasteiger partial charge in [0, 0.05) is 11.9 Å². The Morgan fingerprint density at radius 1 is 1.06 bits per heavy atom. The molecule has 1 atom stereocenters. The maximum Gasteiger partial charge on any atom is 0.417 e. The van der Waals surface area contributed by atoms with Gasteiger partial charge in [0.2, 0.25) is 0 Å². The molecule has 0 radical (unpaired) electrons. The van der Waals surface area contributed by atoms with E-state index in [4.69, 9.17) is 4.74 Å². The molecule has 0 aliphatic carbocycles. The molecule has 3 aromatic rings. The summed E-state index contributed by atoms with van der Waals surface area (Å²) in [4.78, 5) is 40.3. The van der Waals surface area contributed by atoms with Gasteiger partial charge in [-0.05, 0) is 38.1 Å². The van der Waals surface area contributed by atoms with Gasteiger partial charge in [-0.3, -0.25) is 10.1 Å². The molecule has 9 nitrogen and oxygen atoms in total. The van der Waals surface area contributed by atoms with E-state index < -0.39 is 35.8 Å². The molecule has 0 saturated carbocycles. The van der Waals surface area contributed by atoms with E-state index in [-0.39, 0.29) is 17.1 Å². The Bertz CT molecular complexity index is 1160. The van der Waals surface area contributed by atoms with Crippen molar-refractivity contribution in [2.45, 2.75) is 26.1 Å². The molecule has 0 spiro atoms. The van der Waals surface area contributed by atoms with Crippen molar-refractivity contribution >= 4 is 23.6 Å². The van der Waals surface area contributed by atoms with Crippen molar-refractivity contribution < 1.29 is 32.3 Å². The summed E-state index contributed by atoms with van der Waals surface area (Å²) >= 11 is 0. The van der Waals surface area contributed by atoms with Crippen molar-refractivity contribution in [2.75, 3.05) is 5.32 Å². The van der Waals surface area contributed by atoms with Gasteiger partial charge in [0.1, 0.15) is 5.56 Å². The molecule has 0 aliphatic heterocycles. The summed E-state index contributed by atoms with van der Waals surface area (Å²) in [6.07, 6.45) is -4.05. The quantitative estimate of drug-likeness (QED) is 0.562. The van der Waals surface area contributed by atoms with Gasteiger partial charge in [-0.25, -0.2) is 19.3 Å². The summed E-state index contributed by atoms with van der Waals surface area (Å²) < 4.78 is 44.4. The van der Waals surface area contributed by atoms with Gasteiger partial charge in [0.25, 0.3) is 5.91 Å². The number of halogens is 3. The third kappa shape index (κ3) is 5.73. The Labute approximate surface area is 185 Å². The van der Waals surface area contributed by atoms with Crippen LogP contribution in [0.1, 0.15) is 28.5 Å². The summed E-state index contributed by atoms with van der Waals surface area (Å²) in [5.41, 5.74) is -0.244. The fourth-order valence-electron chi connectivity index (χ4n) is 2.69. The van der Waals surface area contributed by atoms with Crippen molar-refractivity contribution in [1.82, 2.24) is 20.1 Å². The van der Waals surface area contributed by atoms with Crippen LogP contribution in [-0.4, -0.2) is 38.8 Å². The number of amides is 3. The van der Waals surface area contributed by atoms with E-state index in [0.717, 1.165) is 23.0 Å². The predicted molar refractivity (Wildman–Crippen MR) is 110 cm³/mol. The van der Waals surface area contributed by atoms with Gasteiger partial charge in [0.05, 0.1) is 17.5 Å². The molecule has 1 unspecified atom stereocenters. The highest BCUT2D eigenvalue weighted by Gasteiger charge is 2.31. The summed E-state index contributed by atoms with van der Waals surface area (Å²) in [6.45, 7) is 2.77. The number of nitrogens with one attached hydrogen (secondary N) is 2. The van der Waals surface area contributed by atoms with Gasteiger partial charge < -0.3 is 10.1 Å². The third-order valence-corrected chi connectivity index (χ3v) is 4.44. The van der Waals surface area contributed by atoms with E-state index in [2.05, 4.69) is 20.7 Å². The first-order chi connectivity index (χ1) is 15.6. The zero-order chi connectivity index (χ0) is 24.2. The van der Waals surface area contributed by atoms with Crippen molar-refractivity contribution in [3.63, 3.8) is 0 Å². The van der Waals surface area contributed by atoms with Crippen LogP contribution in [0.5, 0.6) is 0 Å². The van der Waals surface area contributed by atoms with Crippen LogP contribution in [-0.2, 0) is 15.7 Å². The molecule has 172 valence electrons. The second-order valence-electron chi connectivity index (χ2n) is 6.82. The topological polar surface area (TPSA) is 115 Å². The van der Waals surface area contributed by atoms with Crippen LogP contribution in [0, 0.1) is 6.92 Å². The Balaban J connectivity index is 1.62. The molecule has 12 heteroatoms. The van der Waals surface area contributed by atoms with Crippen LogP contribution < -0.4 is 10.6 Å². The number of urea groups is 1. The first kappa shape index (κ1) is 23.4. The number of imide groups is 1. The fraction of sp³-hybridized carbons (Fsp3) is 0.190. The first-order valence-electron chi connectivity index (χ1n) is 9.52. The lowest BCUT2D eigenvalue weighted by Gasteiger charge is -2.13. The lowest BCUT2D eigenvalue weighted by Crippen LogP contribution is -2.41. The molecule has 0 fully saturated rings. The van der Waals surface area contributed by atoms with E-state index >= 15 is 0 Å². The molecule has 0 saturated heterocycles.